The molecule has 0 radical (unpaired) electrons. The summed E-state index contributed by atoms with van der Waals surface area (Å²) in [7, 11) is 0. The van der Waals surface area contributed by atoms with E-state index in [2.05, 4.69) is 21.2 Å². The third kappa shape index (κ3) is 4.19. The van der Waals surface area contributed by atoms with Crippen LogP contribution in [0.5, 0.6) is 0 Å². The Morgan fingerprint density at radius 3 is 2.73 bits per heavy atom. The van der Waals surface area contributed by atoms with Crippen LogP contribution in [-0.2, 0) is 4.74 Å². The fraction of sp³-hybridized carbons (Fsp3) is 0.467. The van der Waals surface area contributed by atoms with Gasteiger partial charge in [-0.25, -0.2) is 9.18 Å². The quantitative estimate of drug-likeness (QED) is 0.887. The molecule has 0 spiro atoms. The van der Waals surface area contributed by atoms with Crippen molar-refractivity contribution in [1.29, 1.82) is 0 Å². The highest BCUT2D eigenvalue weighted by molar-refractivity contribution is 9.10. The number of benzene rings is 1. The van der Waals surface area contributed by atoms with Crippen molar-refractivity contribution in [3.8, 4) is 0 Å². The number of hydrogen-bond acceptors (Lipinski definition) is 3. The van der Waals surface area contributed by atoms with Crippen LogP contribution >= 0.6 is 15.9 Å². The molecular formula is C15H18BrFN2O3. The molecule has 1 saturated heterocycles. The minimum atomic E-state index is -0.453. The number of halogens is 2. The fourth-order valence-electron chi connectivity index (χ4n) is 2.36. The molecule has 1 N–H and O–H groups in total. The number of carbonyl (C=O) groups excluding carboxylic acids is 2. The van der Waals surface area contributed by atoms with Crippen LogP contribution in [0.25, 0.3) is 0 Å². The van der Waals surface area contributed by atoms with E-state index in [1.165, 1.54) is 18.2 Å². The van der Waals surface area contributed by atoms with Crippen LogP contribution in [0.2, 0.25) is 0 Å². The molecular weight excluding hydrogens is 355 g/mol. The molecule has 0 aromatic heterocycles. The normalized spacial score (nSPS) is 15.5. The second-order valence-corrected chi connectivity index (χ2v) is 5.91. The van der Waals surface area contributed by atoms with Crippen LogP contribution < -0.4 is 5.32 Å². The van der Waals surface area contributed by atoms with Gasteiger partial charge in [-0.2, -0.15) is 0 Å². The molecule has 0 bridgehead atoms. The third-order valence-electron chi connectivity index (χ3n) is 3.53. The van der Waals surface area contributed by atoms with Crippen molar-refractivity contribution in [3.05, 3.63) is 34.1 Å². The van der Waals surface area contributed by atoms with E-state index in [1.807, 2.05) is 0 Å². The zero-order chi connectivity index (χ0) is 16.1. The number of rotatable bonds is 3. The van der Waals surface area contributed by atoms with Crippen molar-refractivity contribution in [2.75, 3.05) is 19.7 Å². The first-order valence-electron chi connectivity index (χ1n) is 7.19. The first-order valence-corrected chi connectivity index (χ1v) is 7.98. The van der Waals surface area contributed by atoms with Gasteiger partial charge in [0.1, 0.15) is 5.82 Å². The lowest BCUT2D eigenvalue weighted by Gasteiger charge is -2.31. The van der Waals surface area contributed by atoms with E-state index < -0.39 is 5.82 Å². The average molecular weight is 373 g/mol. The van der Waals surface area contributed by atoms with Crippen LogP contribution in [0.1, 0.15) is 30.1 Å². The SMILES string of the molecule is CCOC(=O)N1CCC(NC(=O)c2cc(F)ccc2Br)CC1. The average Bonchev–Trinajstić information content (AvgIpc) is 2.50. The van der Waals surface area contributed by atoms with E-state index in [0.29, 0.717) is 37.0 Å². The van der Waals surface area contributed by atoms with E-state index in [0.717, 1.165) is 0 Å². The minimum absolute atomic E-state index is 0.0339. The zero-order valence-electron chi connectivity index (χ0n) is 12.3. The second-order valence-electron chi connectivity index (χ2n) is 5.06. The highest BCUT2D eigenvalue weighted by Gasteiger charge is 2.25. The van der Waals surface area contributed by atoms with Gasteiger partial charge < -0.3 is 15.0 Å². The molecule has 0 unspecified atom stereocenters. The highest BCUT2D eigenvalue weighted by atomic mass is 79.9. The number of nitrogens with zero attached hydrogens (tertiary/aromatic N) is 1. The Morgan fingerprint density at radius 1 is 1.41 bits per heavy atom. The number of hydrogen-bond donors (Lipinski definition) is 1. The molecule has 0 atom stereocenters. The maximum Gasteiger partial charge on any atom is 0.409 e. The summed E-state index contributed by atoms with van der Waals surface area (Å²) in [5.41, 5.74) is 0.271. The van der Waals surface area contributed by atoms with Crippen LogP contribution in [0.4, 0.5) is 9.18 Å². The molecule has 0 saturated carbocycles. The number of ether oxygens (including phenoxy) is 1. The molecule has 22 heavy (non-hydrogen) atoms. The predicted octanol–water partition coefficient (Wildman–Crippen LogP) is 2.94. The van der Waals surface area contributed by atoms with Crippen molar-refractivity contribution >= 4 is 27.9 Å². The van der Waals surface area contributed by atoms with Gasteiger partial charge >= 0.3 is 6.09 Å². The van der Waals surface area contributed by atoms with Crippen LogP contribution in [0.3, 0.4) is 0 Å². The van der Waals surface area contributed by atoms with Crippen molar-refractivity contribution in [1.82, 2.24) is 10.2 Å². The van der Waals surface area contributed by atoms with Gasteiger partial charge in [-0.15, -0.1) is 0 Å². The Labute approximate surface area is 136 Å². The standard InChI is InChI=1S/C15H18BrFN2O3/c1-2-22-15(21)19-7-5-11(6-8-19)18-14(20)12-9-10(17)3-4-13(12)16/h3-4,9,11H,2,5-8H2,1H3,(H,18,20). The maximum atomic E-state index is 13.2. The zero-order valence-corrected chi connectivity index (χ0v) is 13.9. The number of carbonyl (C=O) groups is 2. The third-order valence-corrected chi connectivity index (χ3v) is 4.22. The van der Waals surface area contributed by atoms with Gasteiger partial charge in [0, 0.05) is 23.6 Å². The number of likely N-dealkylation sites (tertiary alicyclic amines) is 1. The summed E-state index contributed by atoms with van der Waals surface area (Å²) in [6.45, 7) is 3.19. The van der Waals surface area contributed by atoms with Gasteiger partial charge in [-0.05, 0) is 53.9 Å². The van der Waals surface area contributed by atoms with E-state index >= 15 is 0 Å². The minimum Gasteiger partial charge on any atom is -0.450 e. The van der Waals surface area contributed by atoms with Crippen molar-refractivity contribution in [2.45, 2.75) is 25.8 Å². The topological polar surface area (TPSA) is 58.6 Å². The molecule has 1 aromatic rings. The summed E-state index contributed by atoms with van der Waals surface area (Å²) in [5, 5.41) is 2.88. The molecule has 2 amide bonds. The first-order chi connectivity index (χ1) is 10.5. The van der Waals surface area contributed by atoms with Gasteiger partial charge in [0.2, 0.25) is 0 Å². The van der Waals surface area contributed by atoms with Crippen LogP contribution in [0, 0.1) is 5.82 Å². The number of piperidine rings is 1. The van der Waals surface area contributed by atoms with E-state index in [-0.39, 0.29) is 23.6 Å². The van der Waals surface area contributed by atoms with E-state index in [1.54, 1.807) is 11.8 Å². The summed E-state index contributed by atoms with van der Waals surface area (Å²) in [5.74, 6) is -0.772. The van der Waals surface area contributed by atoms with Crippen molar-refractivity contribution in [3.63, 3.8) is 0 Å². The summed E-state index contributed by atoms with van der Waals surface area (Å²) >= 11 is 3.24. The lowest BCUT2D eigenvalue weighted by molar-refractivity contribution is 0.0859. The smallest absolute Gasteiger partial charge is 0.409 e. The van der Waals surface area contributed by atoms with E-state index in [9.17, 15) is 14.0 Å². The molecule has 1 aliphatic rings. The molecule has 120 valence electrons. The molecule has 0 aliphatic carbocycles. The molecule has 1 aliphatic heterocycles. The van der Waals surface area contributed by atoms with Crippen LogP contribution in [0.15, 0.2) is 22.7 Å². The Kier molecular flexibility index (Phi) is 5.76. The van der Waals surface area contributed by atoms with Gasteiger partial charge in [-0.3, -0.25) is 4.79 Å². The molecule has 2 rings (SSSR count). The number of nitrogens with one attached hydrogen (secondary N) is 1. The Balaban J connectivity index is 1.89. The van der Waals surface area contributed by atoms with Gasteiger partial charge in [0.25, 0.3) is 5.91 Å². The Hall–Kier alpha value is -1.63. The maximum absolute atomic E-state index is 13.2. The van der Waals surface area contributed by atoms with Gasteiger partial charge in [0.05, 0.1) is 12.2 Å². The lowest BCUT2D eigenvalue weighted by Crippen LogP contribution is -2.46. The molecule has 1 aromatic carbocycles. The molecule has 5 nitrogen and oxygen atoms in total. The molecule has 7 heteroatoms. The first kappa shape index (κ1) is 16.7. The number of amides is 2. The lowest BCUT2D eigenvalue weighted by atomic mass is 10.0. The second kappa shape index (κ2) is 7.58. The monoisotopic (exact) mass is 372 g/mol. The summed E-state index contributed by atoms with van der Waals surface area (Å²) in [6.07, 6.45) is 0.981. The fourth-order valence-corrected chi connectivity index (χ4v) is 2.78. The Morgan fingerprint density at radius 2 is 2.09 bits per heavy atom. The predicted molar refractivity (Wildman–Crippen MR) is 83.2 cm³/mol. The van der Waals surface area contributed by atoms with Gasteiger partial charge in [0.15, 0.2) is 0 Å². The Bertz CT molecular complexity index is 560. The largest absolute Gasteiger partial charge is 0.450 e. The molecule has 1 heterocycles. The highest BCUT2D eigenvalue weighted by Crippen LogP contribution is 2.19. The summed E-state index contributed by atoms with van der Waals surface area (Å²) < 4.78 is 18.7. The van der Waals surface area contributed by atoms with Crippen molar-refractivity contribution in [2.24, 2.45) is 0 Å². The van der Waals surface area contributed by atoms with Crippen molar-refractivity contribution < 1.29 is 18.7 Å². The summed E-state index contributed by atoms with van der Waals surface area (Å²) in [6, 6.07) is 3.97. The molecule has 1 fully saturated rings. The van der Waals surface area contributed by atoms with E-state index in [4.69, 9.17) is 4.74 Å². The van der Waals surface area contributed by atoms with Gasteiger partial charge in [-0.1, -0.05) is 0 Å². The van der Waals surface area contributed by atoms with Crippen LogP contribution in [-0.4, -0.2) is 42.6 Å². The summed E-state index contributed by atoms with van der Waals surface area (Å²) in [4.78, 5) is 25.4.